The molecule has 0 aliphatic rings. The summed E-state index contributed by atoms with van der Waals surface area (Å²) in [7, 11) is 0. The van der Waals surface area contributed by atoms with Gasteiger partial charge in [0, 0.05) is 10.7 Å². The Morgan fingerprint density at radius 3 is 2.88 bits per heavy atom. The number of halogens is 1. The first-order valence-corrected chi connectivity index (χ1v) is 6.15. The number of hydrogen-bond donors (Lipinski definition) is 1. The summed E-state index contributed by atoms with van der Waals surface area (Å²) < 4.78 is 1.94. The second-order valence-electron chi connectivity index (χ2n) is 3.90. The highest BCUT2D eigenvalue weighted by Crippen LogP contribution is 2.19. The van der Waals surface area contributed by atoms with Crippen LogP contribution in [0.4, 0.5) is 0 Å². The molecule has 2 N–H and O–H groups in total. The van der Waals surface area contributed by atoms with Crippen LogP contribution >= 0.6 is 11.6 Å². The summed E-state index contributed by atoms with van der Waals surface area (Å²) in [4.78, 5) is 0. The molecule has 3 nitrogen and oxygen atoms in total. The van der Waals surface area contributed by atoms with Crippen molar-refractivity contribution in [2.45, 2.75) is 19.8 Å². The second-order valence-corrected chi connectivity index (χ2v) is 4.34. The maximum absolute atomic E-state index is 6.00. The number of aromatic nitrogens is 2. The molecule has 4 heteroatoms. The maximum atomic E-state index is 6.00. The number of nitrogens with two attached hydrogens (primary N) is 1. The summed E-state index contributed by atoms with van der Waals surface area (Å²) in [6.07, 6.45) is 3.69. The Bertz CT molecular complexity index is 505. The standard InChI is InChI=1S/C13H16ClN3/c1-2-13-10(6-7-15)9-16-17(13)12-5-3-4-11(14)8-12/h3-5,8-9H,2,6-7,15H2,1H3. The van der Waals surface area contributed by atoms with E-state index in [0.29, 0.717) is 6.54 Å². The number of benzene rings is 1. The second kappa shape index (κ2) is 5.34. The monoisotopic (exact) mass is 249 g/mol. The predicted molar refractivity (Wildman–Crippen MR) is 70.7 cm³/mol. The van der Waals surface area contributed by atoms with E-state index in [1.807, 2.05) is 35.1 Å². The highest BCUT2D eigenvalue weighted by molar-refractivity contribution is 6.30. The molecule has 90 valence electrons. The van der Waals surface area contributed by atoms with Gasteiger partial charge in [0.2, 0.25) is 0 Å². The smallest absolute Gasteiger partial charge is 0.0663 e. The summed E-state index contributed by atoms with van der Waals surface area (Å²) in [5.74, 6) is 0. The molecule has 0 aliphatic heterocycles. The molecular weight excluding hydrogens is 234 g/mol. The Morgan fingerprint density at radius 2 is 2.24 bits per heavy atom. The number of nitrogens with zero attached hydrogens (tertiary/aromatic N) is 2. The van der Waals surface area contributed by atoms with Crippen molar-refractivity contribution in [2.24, 2.45) is 5.73 Å². The molecule has 1 heterocycles. The van der Waals surface area contributed by atoms with E-state index in [1.54, 1.807) is 0 Å². The molecule has 0 amide bonds. The zero-order valence-corrected chi connectivity index (χ0v) is 10.6. The fourth-order valence-corrected chi connectivity index (χ4v) is 2.16. The van der Waals surface area contributed by atoms with Crippen LogP contribution in [0.5, 0.6) is 0 Å². The molecule has 0 radical (unpaired) electrons. The summed E-state index contributed by atoms with van der Waals surface area (Å²) >= 11 is 6.00. The molecule has 0 atom stereocenters. The third-order valence-electron chi connectivity index (χ3n) is 2.76. The van der Waals surface area contributed by atoms with Gasteiger partial charge in [-0.3, -0.25) is 0 Å². The van der Waals surface area contributed by atoms with Crippen LogP contribution < -0.4 is 5.73 Å². The first kappa shape index (κ1) is 12.1. The van der Waals surface area contributed by atoms with Crippen LogP contribution in [-0.4, -0.2) is 16.3 Å². The predicted octanol–water partition coefficient (Wildman–Crippen LogP) is 2.59. The van der Waals surface area contributed by atoms with E-state index < -0.39 is 0 Å². The summed E-state index contributed by atoms with van der Waals surface area (Å²) in [6, 6.07) is 7.71. The van der Waals surface area contributed by atoms with E-state index in [0.717, 1.165) is 23.6 Å². The van der Waals surface area contributed by atoms with E-state index in [9.17, 15) is 0 Å². The first-order chi connectivity index (χ1) is 8.26. The van der Waals surface area contributed by atoms with Crippen molar-refractivity contribution in [3.8, 4) is 5.69 Å². The molecule has 0 saturated heterocycles. The van der Waals surface area contributed by atoms with Crippen LogP contribution in [0.1, 0.15) is 18.2 Å². The maximum Gasteiger partial charge on any atom is 0.0663 e. The molecule has 2 aromatic rings. The number of hydrogen-bond acceptors (Lipinski definition) is 2. The molecule has 17 heavy (non-hydrogen) atoms. The van der Waals surface area contributed by atoms with Crippen LogP contribution in [0.2, 0.25) is 5.02 Å². The molecule has 0 aliphatic carbocycles. The minimum Gasteiger partial charge on any atom is -0.330 e. The summed E-state index contributed by atoms with van der Waals surface area (Å²) in [5, 5.41) is 5.14. The van der Waals surface area contributed by atoms with Crippen molar-refractivity contribution < 1.29 is 0 Å². The lowest BCUT2D eigenvalue weighted by Gasteiger charge is -2.07. The van der Waals surface area contributed by atoms with E-state index in [2.05, 4.69) is 12.0 Å². The molecule has 1 aromatic heterocycles. The van der Waals surface area contributed by atoms with Gasteiger partial charge in [-0.25, -0.2) is 4.68 Å². The Kier molecular flexibility index (Phi) is 3.82. The molecule has 0 spiro atoms. The van der Waals surface area contributed by atoms with E-state index in [-0.39, 0.29) is 0 Å². The molecule has 0 fully saturated rings. The molecule has 0 unspecified atom stereocenters. The molecule has 1 aromatic carbocycles. The zero-order valence-electron chi connectivity index (χ0n) is 9.86. The average Bonchev–Trinajstić information content (AvgIpc) is 2.72. The van der Waals surface area contributed by atoms with Gasteiger partial charge in [0.1, 0.15) is 0 Å². The fraction of sp³-hybridized carbons (Fsp3) is 0.308. The van der Waals surface area contributed by atoms with Crippen molar-refractivity contribution in [3.63, 3.8) is 0 Å². The van der Waals surface area contributed by atoms with Gasteiger partial charge in [-0.2, -0.15) is 5.10 Å². The lowest BCUT2D eigenvalue weighted by atomic mass is 10.1. The average molecular weight is 250 g/mol. The quantitative estimate of drug-likeness (QED) is 0.905. The third-order valence-corrected chi connectivity index (χ3v) is 2.99. The van der Waals surface area contributed by atoms with Gasteiger partial charge >= 0.3 is 0 Å². The van der Waals surface area contributed by atoms with Gasteiger partial charge in [0.05, 0.1) is 11.9 Å². The van der Waals surface area contributed by atoms with Gasteiger partial charge in [0.25, 0.3) is 0 Å². The van der Waals surface area contributed by atoms with Gasteiger partial charge in [0.15, 0.2) is 0 Å². The van der Waals surface area contributed by atoms with Crippen molar-refractivity contribution in [1.29, 1.82) is 0 Å². The highest BCUT2D eigenvalue weighted by Gasteiger charge is 2.09. The van der Waals surface area contributed by atoms with Crippen LogP contribution in [0, 0.1) is 0 Å². The Balaban J connectivity index is 2.45. The van der Waals surface area contributed by atoms with Crippen LogP contribution in [-0.2, 0) is 12.8 Å². The van der Waals surface area contributed by atoms with E-state index >= 15 is 0 Å². The summed E-state index contributed by atoms with van der Waals surface area (Å²) in [6.45, 7) is 2.77. The van der Waals surface area contributed by atoms with Crippen LogP contribution in [0.15, 0.2) is 30.5 Å². The van der Waals surface area contributed by atoms with Crippen LogP contribution in [0.25, 0.3) is 5.69 Å². The van der Waals surface area contributed by atoms with E-state index in [4.69, 9.17) is 17.3 Å². The Morgan fingerprint density at radius 1 is 1.41 bits per heavy atom. The molecule has 0 bridgehead atoms. The topological polar surface area (TPSA) is 43.8 Å². The fourth-order valence-electron chi connectivity index (χ4n) is 1.98. The van der Waals surface area contributed by atoms with Gasteiger partial charge in [-0.05, 0) is 43.1 Å². The largest absolute Gasteiger partial charge is 0.330 e. The third kappa shape index (κ3) is 2.51. The highest BCUT2D eigenvalue weighted by atomic mass is 35.5. The van der Waals surface area contributed by atoms with Crippen molar-refractivity contribution >= 4 is 11.6 Å². The Hall–Kier alpha value is -1.32. The number of rotatable bonds is 4. The van der Waals surface area contributed by atoms with Crippen molar-refractivity contribution in [2.75, 3.05) is 6.54 Å². The normalized spacial score (nSPS) is 10.8. The molecule has 2 rings (SSSR count). The minimum atomic E-state index is 0.647. The lowest BCUT2D eigenvalue weighted by Crippen LogP contribution is -2.06. The van der Waals surface area contributed by atoms with Gasteiger partial charge < -0.3 is 5.73 Å². The first-order valence-electron chi connectivity index (χ1n) is 5.78. The van der Waals surface area contributed by atoms with Gasteiger partial charge in [-0.15, -0.1) is 0 Å². The molecule has 0 saturated carbocycles. The summed E-state index contributed by atoms with van der Waals surface area (Å²) in [5.41, 5.74) is 9.02. The van der Waals surface area contributed by atoms with Crippen LogP contribution in [0.3, 0.4) is 0 Å². The van der Waals surface area contributed by atoms with Crippen molar-refractivity contribution in [1.82, 2.24) is 9.78 Å². The van der Waals surface area contributed by atoms with Crippen molar-refractivity contribution in [3.05, 3.63) is 46.7 Å². The minimum absolute atomic E-state index is 0.647. The van der Waals surface area contributed by atoms with Gasteiger partial charge in [-0.1, -0.05) is 24.6 Å². The Labute approximate surface area is 106 Å². The van der Waals surface area contributed by atoms with E-state index in [1.165, 1.54) is 11.3 Å². The molecular formula is C13H16ClN3. The zero-order chi connectivity index (χ0) is 12.3. The lowest BCUT2D eigenvalue weighted by molar-refractivity contribution is 0.805. The SMILES string of the molecule is CCc1c(CCN)cnn1-c1cccc(Cl)c1.